The summed E-state index contributed by atoms with van der Waals surface area (Å²) in [6.07, 6.45) is 1.21. The van der Waals surface area contributed by atoms with E-state index in [9.17, 15) is 9.59 Å². The van der Waals surface area contributed by atoms with E-state index in [0.29, 0.717) is 36.5 Å². The first kappa shape index (κ1) is 22.1. The highest BCUT2D eigenvalue weighted by molar-refractivity contribution is 6.30. The van der Waals surface area contributed by atoms with Crippen molar-refractivity contribution in [3.05, 3.63) is 34.9 Å². The van der Waals surface area contributed by atoms with E-state index in [2.05, 4.69) is 29.0 Å². The average Bonchev–Trinajstić information content (AvgIpc) is 2.68. The zero-order valence-corrected chi connectivity index (χ0v) is 18.3. The van der Waals surface area contributed by atoms with Gasteiger partial charge in [-0.2, -0.15) is 0 Å². The predicted molar refractivity (Wildman–Crippen MR) is 116 cm³/mol. The van der Waals surface area contributed by atoms with Gasteiger partial charge >= 0.3 is 0 Å². The van der Waals surface area contributed by atoms with E-state index < -0.39 is 0 Å². The van der Waals surface area contributed by atoms with Crippen LogP contribution in [0.5, 0.6) is 0 Å². The maximum absolute atomic E-state index is 12.7. The van der Waals surface area contributed by atoms with Crippen LogP contribution in [-0.4, -0.2) is 78.9 Å². The van der Waals surface area contributed by atoms with Crippen LogP contribution < -0.4 is 5.32 Å². The van der Waals surface area contributed by atoms with Crippen molar-refractivity contribution in [3.63, 3.8) is 0 Å². The van der Waals surface area contributed by atoms with Crippen LogP contribution in [0.2, 0.25) is 5.02 Å². The lowest BCUT2D eigenvalue weighted by atomic mass is 9.92. The lowest BCUT2D eigenvalue weighted by Gasteiger charge is -2.38. The minimum absolute atomic E-state index is 0.0285. The summed E-state index contributed by atoms with van der Waals surface area (Å²) in [6, 6.07) is 7.49. The number of benzene rings is 1. The van der Waals surface area contributed by atoms with E-state index in [1.54, 1.807) is 0 Å². The Hall–Kier alpha value is -1.63. The van der Waals surface area contributed by atoms with Crippen LogP contribution in [0.4, 0.5) is 0 Å². The molecule has 2 atom stereocenters. The predicted octanol–water partition coefficient (Wildman–Crippen LogP) is 2.08. The number of nitrogens with one attached hydrogen (secondary N) is 1. The SMILES string of the molecule is CC1CC(C)CN(C(=O)CN2CCN(CC(=O)NCc3ccc(Cl)cc3)CC2)C1. The maximum atomic E-state index is 12.7. The number of amides is 2. The molecule has 0 bridgehead atoms. The van der Waals surface area contributed by atoms with Gasteiger partial charge in [-0.05, 0) is 36.0 Å². The summed E-state index contributed by atoms with van der Waals surface area (Å²) >= 11 is 5.88. The van der Waals surface area contributed by atoms with E-state index in [-0.39, 0.29) is 11.8 Å². The fraction of sp³-hybridized carbons (Fsp3) is 0.636. The molecule has 1 aromatic rings. The van der Waals surface area contributed by atoms with Crippen molar-refractivity contribution >= 4 is 23.4 Å². The van der Waals surface area contributed by atoms with Gasteiger partial charge in [-0.25, -0.2) is 0 Å². The molecule has 0 saturated carbocycles. The van der Waals surface area contributed by atoms with E-state index in [0.717, 1.165) is 44.8 Å². The monoisotopic (exact) mass is 420 g/mol. The Morgan fingerprint density at radius 2 is 1.52 bits per heavy atom. The molecule has 2 amide bonds. The summed E-state index contributed by atoms with van der Waals surface area (Å²) in [5.41, 5.74) is 1.03. The Bertz CT molecular complexity index is 679. The molecular weight excluding hydrogens is 388 g/mol. The molecule has 2 unspecified atom stereocenters. The zero-order chi connectivity index (χ0) is 20.8. The van der Waals surface area contributed by atoms with Crippen molar-refractivity contribution in [2.75, 3.05) is 52.4 Å². The second kappa shape index (κ2) is 10.4. The van der Waals surface area contributed by atoms with Crippen molar-refractivity contribution in [2.24, 2.45) is 11.8 Å². The number of hydrogen-bond donors (Lipinski definition) is 1. The van der Waals surface area contributed by atoms with Crippen molar-refractivity contribution in [2.45, 2.75) is 26.8 Å². The van der Waals surface area contributed by atoms with Gasteiger partial charge in [0.2, 0.25) is 11.8 Å². The molecule has 29 heavy (non-hydrogen) atoms. The Kier molecular flexibility index (Phi) is 7.92. The molecule has 2 aliphatic heterocycles. The molecule has 1 N–H and O–H groups in total. The zero-order valence-electron chi connectivity index (χ0n) is 17.6. The Morgan fingerprint density at radius 1 is 0.966 bits per heavy atom. The van der Waals surface area contributed by atoms with Crippen LogP contribution >= 0.6 is 11.6 Å². The number of piperidine rings is 1. The van der Waals surface area contributed by atoms with Crippen molar-refractivity contribution in [3.8, 4) is 0 Å². The number of hydrogen-bond acceptors (Lipinski definition) is 4. The summed E-state index contributed by atoms with van der Waals surface area (Å²) < 4.78 is 0. The van der Waals surface area contributed by atoms with Crippen LogP contribution in [-0.2, 0) is 16.1 Å². The molecule has 0 aromatic heterocycles. The summed E-state index contributed by atoms with van der Waals surface area (Å²) in [4.78, 5) is 31.3. The van der Waals surface area contributed by atoms with Crippen molar-refractivity contribution in [1.29, 1.82) is 0 Å². The standard InChI is InChI=1S/C22H33ClN4O2/c1-17-11-18(2)14-27(13-17)22(29)16-26-9-7-25(8-10-26)15-21(28)24-12-19-3-5-20(23)6-4-19/h3-6,17-18H,7-16H2,1-2H3,(H,24,28). The molecule has 3 rings (SSSR count). The smallest absolute Gasteiger partial charge is 0.236 e. The molecule has 2 fully saturated rings. The quantitative estimate of drug-likeness (QED) is 0.765. The van der Waals surface area contributed by atoms with Gasteiger partial charge < -0.3 is 10.2 Å². The summed E-state index contributed by atoms with van der Waals surface area (Å²) in [5.74, 6) is 1.45. The Labute approximate surface area is 179 Å². The highest BCUT2D eigenvalue weighted by atomic mass is 35.5. The number of nitrogens with zero attached hydrogens (tertiary/aromatic N) is 3. The fourth-order valence-corrected chi connectivity index (χ4v) is 4.45. The fourth-order valence-electron chi connectivity index (χ4n) is 4.33. The molecular formula is C22H33ClN4O2. The topological polar surface area (TPSA) is 55.9 Å². The van der Waals surface area contributed by atoms with Gasteiger partial charge in [-0.15, -0.1) is 0 Å². The first-order valence-corrected chi connectivity index (χ1v) is 11.0. The second-order valence-electron chi connectivity index (χ2n) is 8.70. The van der Waals surface area contributed by atoms with Gasteiger partial charge in [0.15, 0.2) is 0 Å². The lowest BCUT2D eigenvalue weighted by molar-refractivity contribution is -0.135. The van der Waals surface area contributed by atoms with Crippen LogP contribution in [0.25, 0.3) is 0 Å². The third-order valence-electron chi connectivity index (χ3n) is 5.82. The summed E-state index contributed by atoms with van der Waals surface area (Å²) in [7, 11) is 0. The highest BCUT2D eigenvalue weighted by Gasteiger charge is 2.27. The number of piperazine rings is 1. The molecule has 0 spiro atoms. The number of rotatable bonds is 6. The molecule has 0 radical (unpaired) electrons. The summed E-state index contributed by atoms with van der Waals surface area (Å²) in [5, 5.41) is 3.66. The van der Waals surface area contributed by atoms with E-state index >= 15 is 0 Å². The van der Waals surface area contributed by atoms with Gasteiger partial charge in [0, 0.05) is 50.8 Å². The van der Waals surface area contributed by atoms with Gasteiger partial charge in [0.25, 0.3) is 0 Å². The summed E-state index contributed by atoms with van der Waals surface area (Å²) in [6.45, 7) is 10.9. The largest absolute Gasteiger partial charge is 0.351 e. The molecule has 1 aromatic carbocycles. The van der Waals surface area contributed by atoms with Crippen LogP contribution in [0.1, 0.15) is 25.8 Å². The lowest BCUT2D eigenvalue weighted by Crippen LogP contribution is -2.53. The molecule has 160 valence electrons. The van der Waals surface area contributed by atoms with Gasteiger partial charge in [-0.3, -0.25) is 19.4 Å². The second-order valence-corrected chi connectivity index (χ2v) is 9.14. The third kappa shape index (κ3) is 6.98. The molecule has 2 heterocycles. The third-order valence-corrected chi connectivity index (χ3v) is 6.07. The van der Waals surface area contributed by atoms with Crippen LogP contribution in [0.3, 0.4) is 0 Å². The number of carbonyl (C=O) groups is 2. The minimum atomic E-state index is 0.0285. The van der Waals surface area contributed by atoms with Crippen molar-refractivity contribution < 1.29 is 9.59 Å². The van der Waals surface area contributed by atoms with Crippen LogP contribution in [0.15, 0.2) is 24.3 Å². The Balaban J connectivity index is 1.35. The number of carbonyl (C=O) groups excluding carboxylic acids is 2. The van der Waals surface area contributed by atoms with Crippen molar-refractivity contribution in [1.82, 2.24) is 20.0 Å². The highest BCUT2D eigenvalue weighted by Crippen LogP contribution is 2.21. The van der Waals surface area contributed by atoms with E-state index in [1.807, 2.05) is 29.2 Å². The number of halogens is 1. The molecule has 7 heteroatoms. The average molecular weight is 421 g/mol. The molecule has 2 saturated heterocycles. The van der Waals surface area contributed by atoms with Crippen LogP contribution in [0, 0.1) is 11.8 Å². The van der Waals surface area contributed by atoms with Gasteiger partial charge in [-0.1, -0.05) is 37.6 Å². The number of likely N-dealkylation sites (tertiary alicyclic amines) is 1. The maximum Gasteiger partial charge on any atom is 0.236 e. The molecule has 6 nitrogen and oxygen atoms in total. The molecule has 0 aliphatic carbocycles. The van der Waals surface area contributed by atoms with E-state index in [4.69, 9.17) is 11.6 Å². The molecule has 2 aliphatic rings. The Morgan fingerprint density at radius 3 is 2.10 bits per heavy atom. The first-order valence-electron chi connectivity index (χ1n) is 10.6. The minimum Gasteiger partial charge on any atom is -0.351 e. The van der Waals surface area contributed by atoms with Gasteiger partial charge in [0.05, 0.1) is 13.1 Å². The normalized spacial score (nSPS) is 23.8. The van der Waals surface area contributed by atoms with E-state index in [1.165, 1.54) is 6.42 Å². The van der Waals surface area contributed by atoms with Gasteiger partial charge in [0.1, 0.15) is 0 Å². The first-order chi connectivity index (χ1) is 13.9.